The molecule has 144 valence electrons. The lowest BCUT2D eigenvalue weighted by atomic mass is 10.2. The van der Waals surface area contributed by atoms with Gasteiger partial charge in [-0.3, -0.25) is 4.79 Å². The molecule has 1 aromatic carbocycles. The first-order chi connectivity index (χ1) is 12.3. The van der Waals surface area contributed by atoms with Gasteiger partial charge in [0.2, 0.25) is 10.0 Å². The number of benzene rings is 1. The number of ether oxygens (including phenoxy) is 3. The number of morpholine rings is 1. The summed E-state index contributed by atoms with van der Waals surface area (Å²) >= 11 is 0. The number of hydrogen-bond donors (Lipinski definition) is 0. The molecule has 1 aliphatic heterocycles. The van der Waals surface area contributed by atoms with E-state index >= 15 is 0 Å². The predicted octanol–water partition coefficient (Wildman–Crippen LogP) is -0.0389. The zero-order chi connectivity index (χ0) is 19.3. The van der Waals surface area contributed by atoms with Crippen molar-refractivity contribution < 1.29 is 32.2 Å². The van der Waals surface area contributed by atoms with Crippen LogP contribution in [0, 0.1) is 0 Å². The van der Waals surface area contributed by atoms with Gasteiger partial charge >= 0.3 is 5.97 Å². The quantitative estimate of drug-likeness (QED) is 0.632. The summed E-state index contributed by atoms with van der Waals surface area (Å²) in [4.78, 5) is 24.8. The highest BCUT2D eigenvalue weighted by Gasteiger charge is 2.30. The van der Waals surface area contributed by atoms with Gasteiger partial charge in [0.25, 0.3) is 5.91 Å². The molecule has 1 saturated heterocycles. The summed E-state index contributed by atoms with van der Waals surface area (Å²) < 4.78 is 42.3. The van der Waals surface area contributed by atoms with Crippen molar-refractivity contribution in [3.05, 3.63) is 23.8 Å². The van der Waals surface area contributed by atoms with Crippen LogP contribution in [0.5, 0.6) is 5.75 Å². The molecule has 0 N–H and O–H groups in total. The molecule has 0 spiro atoms. The third kappa shape index (κ3) is 4.51. The Bertz CT molecular complexity index is 771. The molecule has 26 heavy (non-hydrogen) atoms. The fourth-order valence-electron chi connectivity index (χ4n) is 2.27. The molecule has 1 amide bonds. The Morgan fingerprint density at radius 2 is 1.88 bits per heavy atom. The van der Waals surface area contributed by atoms with E-state index in [2.05, 4.69) is 0 Å². The fraction of sp³-hybridized carbons (Fsp3) is 0.500. The van der Waals surface area contributed by atoms with Crippen LogP contribution in [0.15, 0.2) is 23.1 Å². The van der Waals surface area contributed by atoms with E-state index in [4.69, 9.17) is 14.2 Å². The maximum Gasteiger partial charge on any atom is 0.338 e. The van der Waals surface area contributed by atoms with Gasteiger partial charge in [-0.2, -0.15) is 4.31 Å². The van der Waals surface area contributed by atoms with Crippen molar-refractivity contribution in [1.82, 2.24) is 9.21 Å². The lowest BCUT2D eigenvalue weighted by Crippen LogP contribution is -2.40. The Morgan fingerprint density at radius 1 is 1.23 bits per heavy atom. The van der Waals surface area contributed by atoms with Gasteiger partial charge in [-0.1, -0.05) is 0 Å². The van der Waals surface area contributed by atoms with Crippen molar-refractivity contribution in [1.29, 1.82) is 0 Å². The first-order valence-corrected chi connectivity index (χ1v) is 9.34. The summed E-state index contributed by atoms with van der Waals surface area (Å²) in [5, 5.41) is 0. The molecule has 0 aliphatic carbocycles. The van der Waals surface area contributed by atoms with Crippen molar-refractivity contribution in [3.63, 3.8) is 0 Å². The van der Waals surface area contributed by atoms with Gasteiger partial charge in [0.1, 0.15) is 10.6 Å². The molecule has 1 heterocycles. The number of carbonyl (C=O) groups excluding carboxylic acids is 2. The van der Waals surface area contributed by atoms with Crippen molar-refractivity contribution in [2.45, 2.75) is 4.90 Å². The number of carbonyl (C=O) groups is 2. The van der Waals surface area contributed by atoms with Crippen LogP contribution >= 0.6 is 0 Å². The minimum atomic E-state index is -3.86. The Balaban J connectivity index is 2.27. The largest absolute Gasteiger partial charge is 0.495 e. The maximum atomic E-state index is 12.9. The van der Waals surface area contributed by atoms with Gasteiger partial charge in [0.15, 0.2) is 6.61 Å². The minimum absolute atomic E-state index is 0.0178. The van der Waals surface area contributed by atoms with Crippen LogP contribution in [-0.2, 0) is 24.3 Å². The summed E-state index contributed by atoms with van der Waals surface area (Å²) in [7, 11) is 0.565. The summed E-state index contributed by atoms with van der Waals surface area (Å²) in [6.07, 6.45) is 0. The van der Waals surface area contributed by atoms with Gasteiger partial charge in [0, 0.05) is 27.2 Å². The topological polar surface area (TPSA) is 102 Å². The third-order valence-electron chi connectivity index (χ3n) is 3.81. The highest BCUT2D eigenvalue weighted by atomic mass is 32.2. The van der Waals surface area contributed by atoms with Gasteiger partial charge in [0.05, 0.1) is 25.9 Å². The molecule has 1 aromatic rings. The second-order valence-corrected chi connectivity index (χ2v) is 7.65. The molecule has 1 fully saturated rings. The number of esters is 1. The molecule has 1 aliphatic rings. The van der Waals surface area contributed by atoms with E-state index in [1.54, 1.807) is 0 Å². The van der Waals surface area contributed by atoms with E-state index in [0.29, 0.717) is 13.2 Å². The van der Waals surface area contributed by atoms with Crippen molar-refractivity contribution >= 4 is 21.9 Å². The fourth-order valence-corrected chi connectivity index (χ4v) is 3.86. The molecule has 0 saturated carbocycles. The smallest absolute Gasteiger partial charge is 0.338 e. The third-order valence-corrected chi connectivity index (χ3v) is 5.73. The number of methoxy groups -OCH3 is 1. The molecule has 0 atom stereocenters. The van der Waals surface area contributed by atoms with Gasteiger partial charge < -0.3 is 19.1 Å². The average Bonchev–Trinajstić information content (AvgIpc) is 2.65. The molecule has 0 bridgehead atoms. The number of nitrogens with zero attached hydrogens (tertiary/aromatic N) is 2. The number of hydrogen-bond acceptors (Lipinski definition) is 7. The van der Waals surface area contributed by atoms with E-state index in [1.165, 1.54) is 48.6 Å². The van der Waals surface area contributed by atoms with E-state index < -0.39 is 22.6 Å². The molecule has 2 rings (SSSR count). The summed E-state index contributed by atoms with van der Waals surface area (Å²) in [6, 6.07) is 3.98. The zero-order valence-corrected chi connectivity index (χ0v) is 15.7. The van der Waals surface area contributed by atoms with Crippen LogP contribution in [0.3, 0.4) is 0 Å². The number of amides is 1. The monoisotopic (exact) mass is 386 g/mol. The van der Waals surface area contributed by atoms with Crippen LogP contribution in [0.25, 0.3) is 0 Å². The van der Waals surface area contributed by atoms with Crippen molar-refractivity contribution in [3.8, 4) is 5.75 Å². The van der Waals surface area contributed by atoms with E-state index in [-0.39, 0.29) is 35.2 Å². The highest BCUT2D eigenvalue weighted by molar-refractivity contribution is 7.89. The highest BCUT2D eigenvalue weighted by Crippen LogP contribution is 2.28. The van der Waals surface area contributed by atoms with E-state index in [1.807, 2.05) is 0 Å². The Morgan fingerprint density at radius 3 is 2.46 bits per heavy atom. The van der Waals surface area contributed by atoms with Gasteiger partial charge in [-0.15, -0.1) is 0 Å². The average molecular weight is 386 g/mol. The molecule has 0 unspecified atom stereocenters. The van der Waals surface area contributed by atoms with Crippen molar-refractivity contribution in [2.75, 3.05) is 54.1 Å². The standard InChI is InChI=1S/C16H22N2O7S/c1-17(2)15(19)11-25-16(20)12-4-5-13(23-3)14(10-12)26(21,22)18-6-8-24-9-7-18/h4-5,10H,6-9,11H2,1-3H3. The lowest BCUT2D eigenvalue weighted by molar-refractivity contribution is -0.131. The number of rotatable bonds is 6. The molecule has 0 aromatic heterocycles. The SMILES string of the molecule is COc1ccc(C(=O)OCC(=O)N(C)C)cc1S(=O)(=O)N1CCOCC1. The van der Waals surface area contributed by atoms with E-state index in [0.717, 1.165) is 0 Å². The van der Waals surface area contributed by atoms with Crippen LogP contribution < -0.4 is 4.74 Å². The van der Waals surface area contributed by atoms with Gasteiger partial charge in [-0.05, 0) is 18.2 Å². The van der Waals surface area contributed by atoms with E-state index in [9.17, 15) is 18.0 Å². The molecule has 10 heteroatoms. The summed E-state index contributed by atoms with van der Waals surface area (Å²) in [6.45, 7) is 0.615. The Labute approximate surface area is 152 Å². The molecular weight excluding hydrogens is 364 g/mol. The number of likely N-dealkylation sites (N-methyl/N-ethyl adjacent to an activating group) is 1. The predicted molar refractivity (Wildman–Crippen MR) is 91.5 cm³/mol. The summed E-state index contributed by atoms with van der Waals surface area (Å²) in [5.41, 5.74) is 0.0178. The van der Waals surface area contributed by atoms with Crippen molar-refractivity contribution in [2.24, 2.45) is 0 Å². The van der Waals surface area contributed by atoms with Crippen LogP contribution in [0.2, 0.25) is 0 Å². The maximum absolute atomic E-state index is 12.9. The molecular formula is C16H22N2O7S. The second kappa shape index (κ2) is 8.47. The molecule has 0 radical (unpaired) electrons. The van der Waals surface area contributed by atoms with Crippen LogP contribution in [0.1, 0.15) is 10.4 Å². The minimum Gasteiger partial charge on any atom is -0.495 e. The Kier molecular flexibility index (Phi) is 6.57. The lowest BCUT2D eigenvalue weighted by Gasteiger charge is -2.26. The first kappa shape index (κ1) is 20.1. The molecule has 9 nitrogen and oxygen atoms in total. The summed E-state index contributed by atoms with van der Waals surface area (Å²) in [5.74, 6) is -1.05. The Hall–Kier alpha value is -2.17. The van der Waals surface area contributed by atoms with Crippen LogP contribution in [0.4, 0.5) is 0 Å². The normalized spacial score (nSPS) is 15.3. The zero-order valence-electron chi connectivity index (χ0n) is 14.9. The van der Waals surface area contributed by atoms with Crippen LogP contribution in [-0.4, -0.2) is 83.6 Å². The first-order valence-electron chi connectivity index (χ1n) is 7.90. The van der Waals surface area contributed by atoms with Gasteiger partial charge in [-0.25, -0.2) is 13.2 Å². The number of sulfonamides is 1. The second-order valence-electron chi connectivity index (χ2n) is 5.75.